The van der Waals surface area contributed by atoms with E-state index < -0.39 is 6.36 Å². The van der Waals surface area contributed by atoms with E-state index in [1.165, 1.54) is 29.5 Å². The van der Waals surface area contributed by atoms with Crippen LogP contribution in [0.25, 0.3) is 6.08 Å². The molecule has 2 aromatic rings. The van der Waals surface area contributed by atoms with E-state index in [2.05, 4.69) is 26.0 Å². The summed E-state index contributed by atoms with van der Waals surface area (Å²) in [6, 6.07) is 8.62. The summed E-state index contributed by atoms with van der Waals surface area (Å²) in [4.78, 5) is 12.6. The molecule has 0 spiro atoms. The number of carbonyl (C=O) groups is 1. The highest BCUT2D eigenvalue weighted by Crippen LogP contribution is 2.24. The van der Waals surface area contributed by atoms with Crippen LogP contribution in [0.1, 0.15) is 4.88 Å². The van der Waals surface area contributed by atoms with Gasteiger partial charge in [-0.25, -0.2) is 0 Å². The Hall–Kier alpha value is -1.80. The third-order valence-corrected chi connectivity index (χ3v) is 3.94. The van der Waals surface area contributed by atoms with Crippen LogP contribution in [0.4, 0.5) is 18.9 Å². The monoisotopic (exact) mass is 391 g/mol. The molecule has 0 saturated carbocycles. The van der Waals surface area contributed by atoms with Crippen LogP contribution >= 0.6 is 27.3 Å². The van der Waals surface area contributed by atoms with E-state index in [0.29, 0.717) is 5.69 Å². The lowest BCUT2D eigenvalue weighted by molar-refractivity contribution is -0.274. The second-order valence-corrected chi connectivity index (χ2v) is 6.53. The zero-order valence-electron chi connectivity index (χ0n) is 10.9. The Morgan fingerprint density at radius 3 is 2.41 bits per heavy atom. The van der Waals surface area contributed by atoms with Crippen LogP contribution in [-0.2, 0) is 4.79 Å². The summed E-state index contributed by atoms with van der Waals surface area (Å²) in [5.74, 6) is -0.724. The molecule has 0 fully saturated rings. The van der Waals surface area contributed by atoms with Crippen LogP contribution in [0.5, 0.6) is 5.75 Å². The first-order valence-corrected chi connectivity index (χ1v) is 7.53. The minimum absolute atomic E-state index is 0.343. The summed E-state index contributed by atoms with van der Waals surface area (Å²) in [6.07, 6.45) is -1.74. The summed E-state index contributed by atoms with van der Waals surface area (Å²) >= 11 is 4.78. The maximum atomic E-state index is 12.0. The Morgan fingerprint density at radius 2 is 1.86 bits per heavy atom. The second kappa shape index (κ2) is 6.97. The zero-order valence-corrected chi connectivity index (χ0v) is 13.3. The van der Waals surface area contributed by atoms with Gasteiger partial charge < -0.3 is 10.1 Å². The second-order valence-electron chi connectivity index (χ2n) is 4.04. The van der Waals surface area contributed by atoms with Crippen molar-refractivity contribution >= 4 is 44.9 Å². The molecule has 1 heterocycles. The predicted octanol–water partition coefficient (Wildman–Crippen LogP) is 5.06. The quantitative estimate of drug-likeness (QED) is 0.739. The zero-order chi connectivity index (χ0) is 16.2. The van der Waals surface area contributed by atoms with E-state index in [4.69, 9.17) is 0 Å². The molecule has 8 heteroatoms. The van der Waals surface area contributed by atoms with Crippen LogP contribution < -0.4 is 10.1 Å². The molecular weight excluding hydrogens is 383 g/mol. The summed E-state index contributed by atoms with van der Waals surface area (Å²) in [5.41, 5.74) is 0.372. The van der Waals surface area contributed by atoms with Gasteiger partial charge in [-0.15, -0.1) is 24.5 Å². The van der Waals surface area contributed by atoms with Crippen molar-refractivity contribution < 1.29 is 22.7 Å². The molecule has 1 N–H and O–H groups in total. The summed E-state index contributed by atoms with van der Waals surface area (Å²) < 4.78 is 40.7. The number of ether oxygens (including phenoxy) is 1. The van der Waals surface area contributed by atoms with Gasteiger partial charge in [0.25, 0.3) is 0 Å². The maximum absolute atomic E-state index is 12.0. The minimum Gasteiger partial charge on any atom is -0.406 e. The molecule has 0 saturated heterocycles. The fourth-order valence-corrected chi connectivity index (χ4v) is 2.83. The predicted molar refractivity (Wildman–Crippen MR) is 82.8 cm³/mol. The molecule has 22 heavy (non-hydrogen) atoms. The number of benzene rings is 1. The van der Waals surface area contributed by atoms with E-state index in [1.54, 1.807) is 6.08 Å². The van der Waals surface area contributed by atoms with E-state index in [9.17, 15) is 18.0 Å². The van der Waals surface area contributed by atoms with Crippen LogP contribution in [0.3, 0.4) is 0 Å². The Balaban J connectivity index is 1.93. The highest BCUT2D eigenvalue weighted by atomic mass is 79.9. The SMILES string of the molecule is O=C(/C=C/c1ccc(Br)s1)Nc1ccc(OC(F)(F)F)cc1. The summed E-state index contributed by atoms with van der Waals surface area (Å²) in [7, 11) is 0. The van der Waals surface area contributed by atoms with Crippen molar-refractivity contribution in [1.29, 1.82) is 0 Å². The Kier molecular flexibility index (Phi) is 5.25. The fraction of sp³-hybridized carbons (Fsp3) is 0.0714. The van der Waals surface area contributed by atoms with Gasteiger partial charge in [-0.3, -0.25) is 4.79 Å². The molecule has 0 bridgehead atoms. The number of rotatable bonds is 4. The Bertz CT molecular complexity index is 680. The fourth-order valence-electron chi connectivity index (χ4n) is 1.50. The Morgan fingerprint density at radius 1 is 1.18 bits per heavy atom. The molecule has 0 atom stereocenters. The molecule has 2 rings (SSSR count). The normalized spacial score (nSPS) is 11.6. The minimum atomic E-state index is -4.73. The average Bonchev–Trinajstić information content (AvgIpc) is 2.83. The first-order chi connectivity index (χ1) is 10.3. The van der Waals surface area contributed by atoms with Gasteiger partial charge in [0.1, 0.15) is 5.75 Å². The lowest BCUT2D eigenvalue weighted by Gasteiger charge is -2.09. The molecule has 3 nitrogen and oxygen atoms in total. The molecule has 1 amide bonds. The largest absolute Gasteiger partial charge is 0.573 e. The number of nitrogens with one attached hydrogen (secondary N) is 1. The molecule has 0 aliphatic rings. The third-order valence-electron chi connectivity index (χ3n) is 2.35. The van der Waals surface area contributed by atoms with Gasteiger partial charge in [-0.1, -0.05) is 0 Å². The van der Waals surface area contributed by atoms with E-state index in [-0.39, 0.29) is 11.7 Å². The van der Waals surface area contributed by atoms with Gasteiger partial charge in [-0.05, 0) is 58.4 Å². The highest BCUT2D eigenvalue weighted by Gasteiger charge is 2.30. The molecule has 1 aromatic carbocycles. The maximum Gasteiger partial charge on any atom is 0.573 e. The van der Waals surface area contributed by atoms with Crippen molar-refractivity contribution in [2.24, 2.45) is 0 Å². The van der Waals surface area contributed by atoms with Crippen molar-refractivity contribution in [3.05, 3.63) is 51.1 Å². The molecule has 0 aliphatic heterocycles. The van der Waals surface area contributed by atoms with E-state index in [0.717, 1.165) is 20.8 Å². The summed E-state index contributed by atoms with van der Waals surface area (Å²) in [6.45, 7) is 0. The van der Waals surface area contributed by atoms with E-state index in [1.807, 2.05) is 12.1 Å². The summed E-state index contributed by atoms with van der Waals surface area (Å²) in [5, 5.41) is 2.54. The van der Waals surface area contributed by atoms with Crippen molar-refractivity contribution in [1.82, 2.24) is 0 Å². The topological polar surface area (TPSA) is 38.3 Å². The number of thiophene rings is 1. The van der Waals surface area contributed by atoms with Crippen molar-refractivity contribution in [2.75, 3.05) is 5.32 Å². The highest BCUT2D eigenvalue weighted by molar-refractivity contribution is 9.11. The lowest BCUT2D eigenvalue weighted by atomic mass is 10.3. The molecule has 1 aromatic heterocycles. The van der Waals surface area contributed by atoms with Crippen molar-refractivity contribution in [3.63, 3.8) is 0 Å². The van der Waals surface area contributed by atoms with Crippen LogP contribution in [0, 0.1) is 0 Å². The third kappa shape index (κ3) is 5.53. The molecule has 116 valence electrons. The van der Waals surface area contributed by atoms with Crippen LogP contribution in [0.15, 0.2) is 46.3 Å². The lowest BCUT2D eigenvalue weighted by Crippen LogP contribution is -2.17. The molecule has 0 aliphatic carbocycles. The van der Waals surface area contributed by atoms with Gasteiger partial charge in [0.15, 0.2) is 0 Å². The molecular formula is C14H9BrF3NO2S. The van der Waals surface area contributed by atoms with Gasteiger partial charge in [0.05, 0.1) is 3.79 Å². The van der Waals surface area contributed by atoms with Crippen molar-refractivity contribution in [3.8, 4) is 5.75 Å². The first-order valence-electron chi connectivity index (χ1n) is 5.92. The van der Waals surface area contributed by atoms with Crippen LogP contribution in [0.2, 0.25) is 0 Å². The van der Waals surface area contributed by atoms with Gasteiger partial charge in [0.2, 0.25) is 5.91 Å². The van der Waals surface area contributed by atoms with Gasteiger partial charge in [-0.2, -0.15) is 0 Å². The average molecular weight is 392 g/mol. The number of halogens is 4. The molecule has 0 radical (unpaired) electrons. The smallest absolute Gasteiger partial charge is 0.406 e. The number of hydrogen-bond donors (Lipinski definition) is 1. The molecule has 0 unspecified atom stereocenters. The van der Waals surface area contributed by atoms with Gasteiger partial charge in [0, 0.05) is 16.6 Å². The van der Waals surface area contributed by atoms with E-state index >= 15 is 0 Å². The van der Waals surface area contributed by atoms with Gasteiger partial charge >= 0.3 is 6.36 Å². The number of carbonyl (C=O) groups excluding carboxylic acids is 1. The first kappa shape index (κ1) is 16.6. The number of hydrogen-bond acceptors (Lipinski definition) is 3. The van der Waals surface area contributed by atoms with Crippen molar-refractivity contribution in [2.45, 2.75) is 6.36 Å². The Labute approximate surface area is 136 Å². The number of anilines is 1. The number of alkyl halides is 3. The number of amides is 1. The van der Waals surface area contributed by atoms with Crippen LogP contribution in [-0.4, -0.2) is 12.3 Å². The standard InChI is InChI=1S/C14H9BrF3NO2S/c15-12-7-5-11(22-12)6-8-13(20)19-9-1-3-10(4-2-9)21-14(16,17)18/h1-8H,(H,19,20)/b8-6+.